The van der Waals surface area contributed by atoms with Gasteiger partial charge in [-0.05, 0) is 42.5 Å². The molecule has 18 heavy (non-hydrogen) atoms. The van der Waals surface area contributed by atoms with Crippen molar-refractivity contribution in [3.63, 3.8) is 0 Å². The average Bonchev–Trinajstić information content (AvgIpc) is 2.46. The summed E-state index contributed by atoms with van der Waals surface area (Å²) in [6.07, 6.45) is 2.91. The van der Waals surface area contributed by atoms with Gasteiger partial charge in [0.1, 0.15) is 0 Å². The van der Waals surface area contributed by atoms with Crippen molar-refractivity contribution >= 4 is 17.5 Å². The molecule has 0 bridgehead atoms. The van der Waals surface area contributed by atoms with Crippen LogP contribution in [0.3, 0.4) is 0 Å². The number of carbonyl (C=O) groups excluding carboxylic acids is 1. The number of benzene rings is 2. The van der Waals surface area contributed by atoms with Crippen LogP contribution in [0.25, 0.3) is 0 Å². The SMILES string of the molecule is CCc1ccccc1C(=O)c1ccc(SC)cc1. The first kappa shape index (κ1) is 12.9. The summed E-state index contributed by atoms with van der Waals surface area (Å²) in [6.45, 7) is 2.07. The summed E-state index contributed by atoms with van der Waals surface area (Å²) in [5.41, 5.74) is 2.68. The van der Waals surface area contributed by atoms with Crippen LogP contribution in [0.15, 0.2) is 53.4 Å². The van der Waals surface area contributed by atoms with Crippen LogP contribution in [0.1, 0.15) is 28.4 Å². The third-order valence-electron chi connectivity index (χ3n) is 3.00. The molecular weight excluding hydrogens is 240 g/mol. The van der Waals surface area contributed by atoms with Gasteiger partial charge >= 0.3 is 0 Å². The van der Waals surface area contributed by atoms with Gasteiger partial charge in [0.25, 0.3) is 0 Å². The van der Waals surface area contributed by atoms with Crippen LogP contribution >= 0.6 is 11.8 Å². The maximum absolute atomic E-state index is 12.4. The van der Waals surface area contributed by atoms with E-state index in [9.17, 15) is 4.79 Å². The maximum atomic E-state index is 12.4. The molecule has 2 aromatic carbocycles. The number of carbonyl (C=O) groups is 1. The first-order chi connectivity index (χ1) is 8.76. The van der Waals surface area contributed by atoms with Crippen molar-refractivity contribution in [1.29, 1.82) is 0 Å². The Morgan fingerprint density at radius 2 is 1.72 bits per heavy atom. The zero-order valence-electron chi connectivity index (χ0n) is 10.6. The Morgan fingerprint density at radius 1 is 1.06 bits per heavy atom. The van der Waals surface area contributed by atoms with Gasteiger partial charge in [0.15, 0.2) is 5.78 Å². The van der Waals surface area contributed by atoms with Crippen LogP contribution in [-0.4, -0.2) is 12.0 Å². The first-order valence-corrected chi connectivity index (χ1v) is 7.25. The van der Waals surface area contributed by atoms with E-state index in [0.29, 0.717) is 0 Å². The van der Waals surface area contributed by atoms with Gasteiger partial charge in [-0.15, -0.1) is 11.8 Å². The van der Waals surface area contributed by atoms with Gasteiger partial charge in [-0.1, -0.05) is 31.2 Å². The molecule has 0 radical (unpaired) electrons. The van der Waals surface area contributed by atoms with Crippen molar-refractivity contribution in [3.8, 4) is 0 Å². The van der Waals surface area contributed by atoms with Crippen LogP contribution in [-0.2, 0) is 6.42 Å². The van der Waals surface area contributed by atoms with Crippen LogP contribution in [0.4, 0.5) is 0 Å². The molecule has 0 heterocycles. The van der Waals surface area contributed by atoms with Gasteiger partial charge in [0.2, 0.25) is 0 Å². The van der Waals surface area contributed by atoms with Crippen LogP contribution < -0.4 is 0 Å². The van der Waals surface area contributed by atoms with Gasteiger partial charge < -0.3 is 0 Å². The van der Waals surface area contributed by atoms with Crippen LogP contribution in [0.5, 0.6) is 0 Å². The van der Waals surface area contributed by atoms with E-state index in [1.807, 2.05) is 54.8 Å². The topological polar surface area (TPSA) is 17.1 Å². The van der Waals surface area contributed by atoms with E-state index in [0.717, 1.165) is 23.1 Å². The molecule has 1 nitrogen and oxygen atoms in total. The van der Waals surface area contributed by atoms with E-state index in [2.05, 4.69) is 6.92 Å². The van der Waals surface area contributed by atoms with Crippen molar-refractivity contribution < 1.29 is 4.79 Å². The van der Waals surface area contributed by atoms with Crippen molar-refractivity contribution in [3.05, 3.63) is 65.2 Å². The Labute approximate surface area is 112 Å². The molecule has 0 fully saturated rings. The van der Waals surface area contributed by atoms with E-state index in [4.69, 9.17) is 0 Å². The predicted octanol–water partition coefficient (Wildman–Crippen LogP) is 4.20. The predicted molar refractivity (Wildman–Crippen MR) is 77.5 cm³/mol. The van der Waals surface area contributed by atoms with Gasteiger partial charge in [0, 0.05) is 16.0 Å². The highest BCUT2D eigenvalue weighted by atomic mass is 32.2. The Kier molecular flexibility index (Phi) is 4.21. The van der Waals surface area contributed by atoms with E-state index in [-0.39, 0.29) is 5.78 Å². The third kappa shape index (κ3) is 2.65. The lowest BCUT2D eigenvalue weighted by atomic mass is 9.97. The molecule has 0 saturated carbocycles. The van der Waals surface area contributed by atoms with Crippen molar-refractivity contribution in [2.45, 2.75) is 18.2 Å². The number of hydrogen-bond acceptors (Lipinski definition) is 2. The van der Waals surface area contributed by atoms with Gasteiger partial charge in [-0.25, -0.2) is 0 Å². The smallest absolute Gasteiger partial charge is 0.193 e. The molecule has 0 saturated heterocycles. The molecule has 2 rings (SSSR count). The maximum Gasteiger partial charge on any atom is 0.193 e. The van der Waals surface area contributed by atoms with Gasteiger partial charge in [0.05, 0.1) is 0 Å². The second-order valence-corrected chi connectivity index (χ2v) is 4.95. The lowest BCUT2D eigenvalue weighted by Gasteiger charge is -2.07. The molecule has 2 aromatic rings. The molecule has 0 aliphatic heterocycles. The fourth-order valence-electron chi connectivity index (χ4n) is 1.95. The van der Waals surface area contributed by atoms with E-state index in [1.165, 1.54) is 4.90 Å². The Hall–Kier alpha value is -1.54. The fraction of sp³-hybridized carbons (Fsp3) is 0.188. The van der Waals surface area contributed by atoms with Crippen molar-refractivity contribution in [2.24, 2.45) is 0 Å². The van der Waals surface area contributed by atoms with Gasteiger partial charge in [-0.3, -0.25) is 4.79 Å². The van der Waals surface area contributed by atoms with Crippen LogP contribution in [0.2, 0.25) is 0 Å². The summed E-state index contributed by atoms with van der Waals surface area (Å²) in [5, 5.41) is 0. The molecule has 92 valence electrons. The molecule has 0 aliphatic rings. The molecule has 0 aromatic heterocycles. The van der Waals surface area contributed by atoms with E-state index in [1.54, 1.807) is 11.8 Å². The minimum absolute atomic E-state index is 0.111. The quantitative estimate of drug-likeness (QED) is 0.602. The Bertz CT molecular complexity index is 543. The number of thioether (sulfide) groups is 1. The minimum atomic E-state index is 0.111. The van der Waals surface area contributed by atoms with Gasteiger partial charge in [-0.2, -0.15) is 0 Å². The Morgan fingerprint density at radius 3 is 2.33 bits per heavy atom. The summed E-state index contributed by atoms with van der Waals surface area (Å²) in [7, 11) is 0. The normalized spacial score (nSPS) is 10.3. The second-order valence-electron chi connectivity index (χ2n) is 4.07. The molecule has 2 heteroatoms. The largest absolute Gasteiger partial charge is 0.289 e. The fourth-order valence-corrected chi connectivity index (χ4v) is 2.36. The molecule has 0 N–H and O–H groups in total. The summed E-state index contributed by atoms with van der Waals surface area (Å²) in [6, 6.07) is 15.6. The number of ketones is 1. The standard InChI is InChI=1S/C16H16OS/c1-3-12-6-4-5-7-15(12)16(17)13-8-10-14(18-2)11-9-13/h4-11H,3H2,1-2H3. The summed E-state index contributed by atoms with van der Waals surface area (Å²) < 4.78 is 0. The zero-order valence-corrected chi connectivity index (χ0v) is 11.5. The monoisotopic (exact) mass is 256 g/mol. The highest BCUT2D eigenvalue weighted by Crippen LogP contribution is 2.19. The number of hydrogen-bond donors (Lipinski definition) is 0. The Balaban J connectivity index is 2.35. The third-order valence-corrected chi connectivity index (χ3v) is 3.74. The minimum Gasteiger partial charge on any atom is -0.289 e. The molecule has 0 amide bonds. The van der Waals surface area contributed by atoms with Crippen molar-refractivity contribution in [2.75, 3.05) is 6.26 Å². The first-order valence-electron chi connectivity index (χ1n) is 6.03. The van der Waals surface area contributed by atoms with E-state index >= 15 is 0 Å². The molecule has 0 unspecified atom stereocenters. The highest BCUT2D eigenvalue weighted by Gasteiger charge is 2.11. The lowest BCUT2D eigenvalue weighted by molar-refractivity contribution is 0.103. The highest BCUT2D eigenvalue weighted by molar-refractivity contribution is 7.98. The summed E-state index contributed by atoms with van der Waals surface area (Å²) in [5.74, 6) is 0.111. The number of rotatable bonds is 4. The lowest BCUT2D eigenvalue weighted by Crippen LogP contribution is -2.04. The average molecular weight is 256 g/mol. The molecular formula is C16H16OS. The second kappa shape index (κ2) is 5.87. The van der Waals surface area contributed by atoms with Crippen molar-refractivity contribution in [1.82, 2.24) is 0 Å². The molecule has 0 atom stereocenters. The zero-order chi connectivity index (χ0) is 13.0. The summed E-state index contributed by atoms with van der Waals surface area (Å²) >= 11 is 1.68. The molecule has 0 aliphatic carbocycles. The molecule has 0 spiro atoms. The summed E-state index contributed by atoms with van der Waals surface area (Å²) in [4.78, 5) is 13.6. The van der Waals surface area contributed by atoms with Crippen LogP contribution in [0, 0.1) is 0 Å². The van der Waals surface area contributed by atoms with E-state index < -0.39 is 0 Å². The number of aryl methyl sites for hydroxylation is 1.